The molecule has 10 heteroatoms. The van der Waals surface area contributed by atoms with Gasteiger partial charge in [0.05, 0.1) is 33.1 Å². The lowest BCUT2D eigenvalue weighted by atomic mass is 10.00. The van der Waals surface area contributed by atoms with Crippen LogP contribution in [0.2, 0.25) is 0 Å². The van der Waals surface area contributed by atoms with Crippen molar-refractivity contribution in [2.45, 2.75) is 20.3 Å². The highest BCUT2D eigenvalue weighted by Crippen LogP contribution is 2.42. The van der Waals surface area contributed by atoms with Crippen molar-refractivity contribution in [3.05, 3.63) is 63.9 Å². The number of benzene rings is 2. The van der Waals surface area contributed by atoms with Crippen molar-refractivity contribution in [3.8, 4) is 40.1 Å². The molecule has 2 aromatic carbocycles. The van der Waals surface area contributed by atoms with Crippen LogP contribution in [0.15, 0.2) is 57.3 Å². The van der Waals surface area contributed by atoms with Gasteiger partial charge in [-0.3, -0.25) is 4.79 Å². The van der Waals surface area contributed by atoms with Crippen LogP contribution in [0.4, 0.5) is 0 Å². The van der Waals surface area contributed by atoms with Crippen molar-refractivity contribution in [1.82, 2.24) is 0 Å². The Bertz CT molecular complexity index is 1510. The molecule has 1 aromatic heterocycles. The topological polar surface area (TPSA) is 122 Å². The Hall–Kier alpha value is -3.92. The van der Waals surface area contributed by atoms with Crippen LogP contribution < -0.4 is 23.8 Å². The van der Waals surface area contributed by atoms with Crippen molar-refractivity contribution in [2.24, 2.45) is 0 Å². The molecule has 0 aliphatic rings. The van der Waals surface area contributed by atoms with Crippen molar-refractivity contribution in [1.29, 1.82) is 0 Å². The number of hydrogen-bond acceptors (Lipinski definition) is 9. The van der Waals surface area contributed by atoms with E-state index in [1.54, 1.807) is 18.2 Å². The minimum absolute atomic E-state index is 0.0671. The van der Waals surface area contributed by atoms with Gasteiger partial charge in [-0.1, -0.05) is 23.8 Å². The SMILES string of the molecule is COc1cc(OC)c(-c2oc3cc(OS(C)(=O)=O)cc(O)c3c(=O)c2C/C=C/C=C(C)C)cc1OC. The van der Waals surface area contributed by atoms with Crippen LogP contribution in [0.3, 0.4) is 0 Å². The van der Waals surface area contributed by atoms with Crippen LogP contribution in [-0.2, 0) is 16.5 Å². The highest BCUT2D eigenvalue weighted by molar-refractivity contribution is 7.86. The molecular formula is C26H28O9S. The normalized spacial score (nSPS) is 11.5. The van der Waals surface area contributed by atoms with E-state index in [0.717, 1.165) is 17.9 Å². The van der Waals surface area contributed by atoms with Crippen LogP contribution in [0.5, 0.6) is 28.7 Å². The van der Waals surface area contributed by atoms with Crippen molar-refractivity contribution in [3.63, 3.8) is 0 Å². The molecule has 9 nitrogen and oxygen atoms in total. The maximum absolute atomic E-state index is 13.6. The van der Waals surface area contributed by atoms with Crippen LogP contribution >= 0.6 is 0 Å². The quantitative estimate of drug-likeness (QED) is 0.321. The fraction of sp³-hybridized carbons (Fsp3) is 0.269. The van der Waals surface area contributed by atoms with E-state index in [1.165, 1.54) is 27.4 Å². The number of ether oxygens (including phenoxy) is 3. The summed E-state index contributed by atoms with van der Waals surface area (Å²) < 4.78 is 50.6. The van der Waals surface area contributed by atoms with Gasteiger partial charge in [-0.2, -0.15) is 8.42 Å². The number of rotatable bonds is 9. The summed E-state index contributed by atoms with van der Waals surface area (Å²) in [4.78, 5) is 13.6. The van der Waals surface area contributed by atoms with Crippen molar-refractivity contribution >= 4 is 21.1 Å². The predicted molar refractivity (Wildman–Crippen MR) is 137 cm³/mol. The van der Waals surface area contributed by atoms with Gasteiger partial charge in [0.25, 0.3) is 0 Å². The van der Waals surface area contributed by atoms with Crippen LogP contribution in [-0.4, -0.2) is 41.1 Å². The molecule has 1 N–H and O–H groups in total. The Kier molecular flexibility index (Phi) is 7.99. The smallest absolute Gasteiger partial charge is 0.306 e. The zero-order valence-corrected chi connectivity index (χ0v) is 21.7. The molecule has 3 rings (SSSR count). The first-order chi connectivity index (χ1) is 17.0. The zero-order chi connectivity index (χ0) is 26.6. The molecule has 0 aliphatic carbocycles. The molecule has 3 aromatic rings. The zero-order valence-electron chi connectivity index (χ0n) is 20.9. The average Bonchev–Trinajstić information content (AvgIpc) is 2.80. The molecule has 0 saturated heterocycles. The number of aromatic hydroxyl groups is 1. The van der Waals surface area contributed by atoms with E-state index >= 15 is 0 Å². The van der Waals surface area contributed by atoms with Gasteiger partial charge in [-0.05, 0) is 26.3 Å². The molecule has 192 valence electrons. The van der Waals surface area contributed by atoms with Gasteiger partial charge in [-0.15, -0.1) is 0 Å². The summed E-state index contributed by atoms with van der Waals surface area (Å²) in [5.74, 6) is 0.611. The maximum atomic E-state index is 13.6. The summed E-state index contributed by atoms with van der Waals surface area (Å²) in [7, 11) is 0.530. The fourth-order valence-electron chi connectivity index (χ4n) is 3.59. The third-order valence-electron chi connectivity index (χ3n) is 5.13. The largest absolute Gasteiger partial charge is 0.507 e. The third kappa shape index (κ3) is 5.83. The first kappa shape index (κ1) is 26.7. The Labute approximate surface area is 209 Å². The Balaban J connectivity index is 2.38. The highest BCUT2D eigenvalue weighted by atomic mass is 32.2. The molecule has 0 atom stereocenters. The molecule has 0 radical (unpaired) electrons. The Morgan fingerprint density at radius 1 is 1.00 bits per heavy atom. The molecular weight excluding hydrogens is 488 g/mol. The average molecular weight is 517 g/mol. The molecule has 0 saturated carbocycles. The molecule has 0 aliphatic heterocycles. The monoisotopic (exact) mass is 516 g/mol. The number of hydrogen-bond donors (Lipinski definition) is 1. The summed E-state index contributed by atoms with van der Waals surface area (Å²) in [5.41, 5.74) is 1.16. The first-order valence-electron chi connectivity index (χ1n) is 10.8. The lowest BCUT2D eigenvalue weighted by molar-refractivity contribution is 0.349. The van der Waals surface area contributed by atoms with E-state index in [2.05, 4.69) is 0 Å². The standard InChI is InChI=1S/C26H28O9S/c1-15(2)9-7-8-10-17-25(28)24-19(27)11-16(35-36(6,29)30)12-23(24)34-26(17)18-13-21(32-4)22(33-5)14-20(18)31-3/h7-9,11-14,27H,10H2,1-6H3/b8-7+. The second-order valence-corrected chi connectivity index (χ2v) is 9.70. The number of methoxy groups -OCH3 is 3. The van der Waals surface area contributed by atoms with E-state index in [9.17, 15) is 18.3 Å². The first-order valence-corrected chi connectivity index (χ1v) is 12.6. The minimum Gasteiger partial charge on any atom is -0.507 e. The Morgan fingerprint density at radius 2 is 1.64 bits per heavy atom. The van der Waals surface area contributed by atoms with Crippen LogP contribution in [0.25, 0.3) is 22.3 Å². The van der Waals surface area contributed by atoms with E-state index in [4.69, 9.17) is 22.8 Å². The fourth-order valence-corrected chi connectivity index (χ4v) is 4.04. The van der Waals surface area contributed by atoms with Gasteiger partial charge >= 0.3 is 10.1 Å². The molecule has 0 unspecified atom stereocenters. The lowest BCUT2D eigenvalue weighted by Gasteiger charge is -2.16. The summed E-state index contributed by atoms with van der Waals surface area (Å²) in [6.45, 7) is 3.89. The van der Waals surface area contributed by atoms with Gasteiger partial charge in [0, 0.05) is 23.8 Å². The van der Waals surface area contributed by atoms with E-state index in [1.807, 2.05) is 26.0 Å². The summed E-state index contributed by atoms with van der Waals surface area (Å²) >= 11 is 0. The lowest BCUT2D eigenvalue weighted by Crippen LogP contribution is -2.12. The molecule has 36 heavy (non-hydrogen) atoms. The Morgan fingerprint density at radius 3 is 2.22 bits per heavy atom. The summed E-state index contributed by atoms with van der Waals surface area (Å²) in [6, 6.07) is 5.50. The van der Waals surface area contributed by atoms with E-state index < -0.39 is 21.3 Å². The van der Waals surface area contributed by atoms with Crippen molar-refractivity contribution < 1.29 is 36.3 Å². The third-order valence-corrected chi connectivity index (χ3v) is 5.62. The molecule has 0 spiro atoms. The summed E-state index contributed by atoms with van der Waals surface area (Å²) in [5, 5.41) is 10.5. The van der Waals surface area contributed by atoms with Gasteiger partial charge < -0.3 is 27.9 Å². The molecule has 0 amide bonds. The van der Waals surface area contributed by atoms with E-state index in [0.29, 0.717) is 22.8 Å². The molecule has 0 bridgehead atoms. The van der Waals surface area contributed by atoms with E-state index in [-0.39, 0.29) is 34.5 Å². The number of allylic oxidation sites excluding steroid dienone is 4. The maximum Gasteiger partial charge on any atom is 0.306 e. The second-order valence-electron chi connectivity index (χ2n) is 8.13. The number of fused-ring (bicyclic) bond motifs is 1. The minimum atomic E-state index is -3.89. The van der Waals surface area contributed by atoms with Crippen LogP contribution in [0, 0.1) is 0 Å². The van der Waals surface area contributed by atoms with Gasteiger partial charge in [0.1, 0.15) is 34.0 Å². The number of phenols is 1. The molecule has 0 fully saturated rings. The predicted octanol–water partition coefficient (Wildman–Crippen LogP) is 4.59. The van der Waals surface area contributed by atoms with Crippen molar-refractivity contribution in [2.75, 3.05) is 27.6 Å². The molecule has 1 heterocycles. The van der Waals surface area contributed by atoms with Gasteiger partial charge in [-0.25, -0.2) is 0 Å². The number of phenolic OH excluding ortho intramolecular Hbond substituents is 1. The summed E-state index contributed by atoms with van der Waals surface area (Å²) in [6.07, 6.45) is 6.55. The highest BCUT2D eigenvalue weighted by Gasteiger charge is 2.23. The van der Waals surface area contributed by atoms with Gasteiger partial charge in [0.15, 0.2) is 11.5 Å². The van der Waals surface area contributed by atoms with Gasteiger partial charge in [0.2, 0.25) is 5.43 Å². The van der Waals surface area contributed by atoms with Crippen LogP contribution in [0.1, 0.15) is 19.4 Å². The second kappa shape index (κ2) is 10.8.